The lowest BCUT2D eigenvalue weighted by atomic mass is 10.7. The highest BCUT2D eigenvalue weighted by molar-refractivity contribution is 4.33. The third-order valence-corrected chi connectivity index (χ3v) is 0.429. The molecule has 0 atom stereocenters. The number of hydrogen-bond acceptors (Lipinski definition) is 4. The minimum absolute atomic E-state index is 0.0488. The molecular formula is C2H7N4O2. The normalized spacial score (nSPS) is 8.75. The largest absolute Gasteiger partial charge is 0.329 e. The molecule has 0 heterocycles. The number of hydrogen-bond donors (Lipinski definition) is 2. The molecular weight excluding hydrogens is 112 g/mol. The molecule has 0 fully saturated rings. The van der Waals surface area contributed by atoms with Crippen molar-refractivity contribution in [1.82, 2.24) is 10.7 Å². The van der Waals surface area contributed by atoms with Gasteiger partial charge in [-0.3, -0.25) is 5.21 Å². The summed E-state index contributed by atoms with van der Waals surface area (Å²) in [6.45, 7) is 0.481. The van der Waals surface area contributed by atoms with Gasteiger partial charge in [-0.1, -0.05) is 5.43 Å². The maximum absolute atomic E-state index is 9.30. The molecule has 47 valence electrons. The first-order valence-electron chi connectivity index (χ1n) is 2.01. The second-order valence-electron chi connectivity index (χ2n) is 1.00. The van der Waals surface area contributed by atoms with E-state index >= 15 is 0 Å². The second-order valence-corrected chi connectivity index (χ2v) is 1.00. The Morgan fingerprint density at radius 2 is 2.38 bits per heavy atom. The van der Waals surface area contributed by atoms with E-state index in [9.17, 15) is 4.91 Å². The van der Waals surface area contributed by atoms with E-state index in [4.69, 9.17) is 10.9 Å². The van der Waals surface area contributed by atoms with Crippen LogP contribution in [0, 0.1) is 4.91 Å². The minimum Gasteiger partial charge on any atom is -0.329 e. The molecule has 0 aromatic rings. The van der Waals surface area contributed by atoms with Crippen molar-refractivity contribution < 1.29 is 5.21 Å². The Hall–Kier alpha value is -0.720. The first-order valence-corrected chi connectivity index (χ1v) is 2.01. The molecule has 0 amide bonds. The number of nitroso groups, excluding NO2 is 1. The maximum Gasteiger partial charge on any atom is 0.0975 e. The predicted molar refractivity (Wildman–Crippen MR) is 25.5 cm³/mol. The van der Waals surface area contributed by atoms with Gasteiger partial charge in [0.1, 0.15) is 0 Å². The fraction of sp³-hybridized carbons (Fsp3) is 1.00. The number of nitrogens with two attached hydrogens (primary N) is 1. The lowest BCUT2D eigenvalue weighted by molar-refractivity contribution is -0.141. The lowest BCUT2D eigenvalue weighted by Gasteiger charge is -2.00. The first kappa shape index (κ1) is 7.28. The van der Waals surface area contributed by atoms with E-state index in [2.05, 4.69) is 5.43 Å². The Balaban J connectivity index is 2.98. The van der Waals surface area contributed by atoms with Crippen LogP contribution in [0.2, 0.25) is 0 Å². The zero-order valence-electron chi connectivity index (χ0n) is 4.19. The molecule has 0 bridgehead atoms. The van der Waals surface area contributed by atoms with Gasteiger partial charge in [0.2, 0.25) is 0 Å². The standard InChI is InChI=1S/C2H7N4O2/c3-1-2-4-6(8)5-7/h8H,1-3H2. The van der Waals surface area contributed by atoms with Crippen molar-refractivity contribution in [1.29, 1.82) is 0 Å². The van der Waals surface area contributed by atoms with E-state index in [1.54, 1.807) is 0 Å². The van der Waals surface area contributed by atoms with Gasteiger partial charge < -0.3 is 5.73 Å². The van der Waals surface area contributed by atoms with Crippen LogP contribution in [0.5, 0.6) is 0 Å². The third-order valence-electron chi connectivity index (χ3n) is 0.429. The van der Waals surface area contributed by atoms with Gasteiger partial charge in [0.15, 0.2) is 0 Å². The highest BCUT2D eigenvalue weighted by atomic mass is 16.6. The van der Waals surface area contributed by atoms with Crippen LogP contribution in [0.25, 0.3) is 0 Å². The van der Waals surface area contributed by atoms with Gasteiger partial charge in [-0.2, -0.15) is 0 Å². The molecule has 0 aromatic carbocycles. The molecule has 0 aromatic heterocycles. The summed E-state index contributed by atoms with van der Waals surface area (Å²) in [6.07, 6.45) is 0. The van der Waals surface area contributed by atoms with Crippen molar-refractivity contribution in [2.24, 2.45) is 11.0 Å². The van der Waals surface area contributed by atoms with Crippen LogP contribution in [0.15, 0.2) is 5.29 Å². The molecule has 1 radical (unpaired) electrons. The van der Waals surface area contributed by atoms with Crippen molar-refractivity contribution in [3.05, 3.63) is 4.91 Å². The van der Waals surface area contributed by atoms with Crippen LogP contribution in [0.3, 0.4) is 0 Å². The molecule has 0 unspecified atom stereocenters. The van der Waals surface area contributed by atoms with E-state index < -0.39 is 0 Å². The molecule has 0 aliphatic rings. The molecule has 0 saturated heterocycles. The first-order chi connectivity index (χ1) is 3.81. The number of rotatable bonds is 4. The summed E-state index contributed by atoms with van der Waals surface area (Å²) in [5.74, 6) is 0. The monoisotopic (exact) mass is 119 g/mol. The Morgan fingerprint density at radius 1 is 1.75 bits per heavy atom. The average Bonchev–Trinajstić information content (AvgIpc) is 1.83. The van der Waals surface area contributed by atoms with E-state index in [0.717, 1.165) is 0 Å². The van der Waals surface area contributed by atoms with Crippen molar-refractivity contribution in [2.75, 3.05) is 13.1 Å². The van der Waals surface area contributed by atoms with E-state index in [0.29, 0.717) is 0 Å². The average molecular weight is 119 g/mol. The molecule has 0 rings (SSSR count). The van der Waals surface area contributed by atoms with Crippen LogP contribution >= 0.6 is 0 Å². The van der Waals surface area contributed by atoms with Crippen LogP contribution in [0.4, 0.5) is 0 Å². The topological polar surface area (TPSA) is 93.0 Å². The molecule has 0 saturated carbocycles. The summed E-state index contributed by atoms with van der Waals surface area (Å²) in [6, 6.07) is 0. The SMILES string of the molecule is NCC[N]N(O)N=O. The Kier molecular flexibility index (Phi) is 4.04. The van der Waals surface area contributed by atoms with Gasteiger partial charge in [-0.15, -0.1) is 4.91 Å². The van der Waals surface area contributed by atoms with E-state index in [1.165, 1.54) is 0 Å². The Bertz CT molecular complexity index is 67.1. The minimum atomic E-state index is -0.0488. The third kappa shape index (κ3) is 3.47. The quantitative estimate of drug-likeness (QED) is 0.360. The Labute approximate surface area is 46.1 Å². The summed E-state index contributed by atoms with van der Waals surface area (Å²) in [5.41, 5.74) is 8.10. The van der Waals surface area contributed by atoms with Gasteiger partial charge in [-0.25, -0.2) is 0 Å². The summed E-state index contributed by atoms with van der Waals surface area (Å²) >= 11 is 0. The lowest BCUT2D eigenvalue weighted by Crippen LogP contribution is -2.27. The smallest absolute Gasteiger partial charge is 0.0975 e. The van der Waals surface area contributed by atoms with Crippen LogP contribution in [-0.2, 0) is 0 Å². The molecule has 8 heavy (non-hydrogen) atoms. The summed E-state index contributed by atoms with van der Waals surface area (Å²) in [5, 5.41) is 10.1. The molecule has 0 aliphatic carbocycles. The van der Waals surface area contributed by atoms with E-state index in [-0.39, 0.29) is 18.4 Å². The summed E-state index contributed by atoms with van der Waals surface area (Å²) in [7, 11) is 0. The molecule has 0 spiro atoms. The maximum atomic E-state index is 9.30. The van der Waals surface area contributed by atoms with Crippen molar-refractivity contribution in [3.8, 4) is 0 Å². The fourth-order valence-electron chi connectivity index (χ4n) is 0.173. The fourth-order valence-corrected chi connectivity index (χ4v) is 0.173. The highest BCUT2D eigenvalue weighted by Gasteiger charge is 1.92. The van der Waals surface area contributed by atoms with Crippen molar-refractivity contribution in [2.45, 2.75) is 0 Å². The zero-order chi connectivity index (χ0) is 6.41. The van der Waals surface area contributed by atoms with Crippen molar-refractivity contribution in [3.63, 3.8) is 0 Å². The summed E-state index contributed by atoms with van der Waals surface area (Å²) in [4.78, 5) is 9.30. The van der Waals surface area contributed by atoms with E-state index in [1.807, 2.05) is 5.29 Å². The molecule has 6 heteroatoms. The highest BCUT2D eigenvalue weighted by Crippen LogP contribution is 1.71. The predicted octanol–water partition coefficient (Wildman–Crippen LogP) is -1.16. The summed E-state index contributed by atoms with van der Waals surface area (Å²) < 4.78 is 0. The van der Waals surface area contributed by atoms with Gasteiger partial charge in [0, 0.05) is 6.54 Å². The van der Waals surface area contributed by atoms with Crippen LogP contribution in [-0.4, -0.2) is 23.6 Å². The van der Waals surface area contributed by atoms with Gasteiger partial charge >= 0.3 is 0 Å². The number of nitrogens with zero attached hydrogens (tertiary/aromatic N) is 3. The van der Waals surface area contributed by atoms with Gasteiger partial charge in [0.25, 0.3) is 0 Å². The van der Waals surface area contributed by atoms with Crippen molar-refractivity contribution >= 4 is 0 Å². The zero-order valence-corrected chi connectivity index (χ0v) is 4.19. The molecule has 0 aliphatic heterocycles. The van der Waals surface area contributed by atoms with Crippen LogP contribution in [0.1, 0.15) is 0 Å². The van der Waals surface area contributed by atoms with Gasteiger partial charge in [0.05, 0.1) is 11.8 Å². The molecule has 3 N–H and O–H groups in total. The van der Waals surface area contributed by atoms with Crippen LogP contribution < -0.4 is 11.2 Å². The second kappa shape index (κ2) is 4.44. The van der Waals surface area contributed by atoms with Gasteiger partial charge in [-0.05, 0) is 5.28 Å². The Morgan fingerprint density at radius 3 is 2.75 bits per heavy atom. The molecule has 6 nitrogen and oxygen atoms in total.